The fourth-order valence-corrected chi connectivity index (χ4v) is 3.78. The van der Waals surface area contributed by atoms with Crippen LogP contribution in [0.1, 0.15) is 38.3 Å². The van der Waals surface area contributed by atoms with Crippen molar-refractivity contribution in [2.45, 2.75) is 57.3 Å². The molecule has 1 N–H and O–H groups in total. The van der Waals surface area contributed by atoms with E-state index in [0.717, 1.165) is 13.0 Å². The number of ether oxygens (including phenoxy) is 1. The van der Waals surface area contributed by atoms with E-state index in [-0.39, 0.29) is 0 Å². The van der Waals surface area contributed by atoms with Crippen LogP contribution in [-0.4, -0.2) is 34.6 Å². The molecule has 2 aliphatic heterocycles. The van der Waals surface area contributed by atoms with Crippen molar-refractivity contribution in [1.82, 2.24) is 15.1 Å². The number of aryl methyl sites for hydroxylation is 2. The highest BCUT2D eigenvalue weighted by molar-refractivity contribution is 5.02. The molecule has 0 aliphatic carbocycles. The smallest absolute Gasteiger partial charge is 0.0623 e. The average molecular weight is 263 g/mol. The molecule has 2 bridgehead atoms. The van der Waals surface area contributed by atoms with Crippen molar-refractivity contribution in [3.63, 3.8) is 0 Å². The normalized spacial score (nSPS) is 30.9. The quantitative estimate of drug-likeness (QED) is 0.852. The van der Waals surface area contributed by atoms with E-state index in [9.17, 15) is 0 Å². The molecule has 2 aliphatic rings. The van der Waals surface area contributed by atoms with E-state index in [0.29, 0.717) is 24.2 Å². The molecule has 0 saturated carbocycles. The molecule has 4 nitrogen and oxygen atoms in total. The zero-order valence-electron chi connectivity index (χ0n) is 12.0. The first-order valence-electron chi connectivity index (χ1n) is 7.63. The third kappa shape index (κ3) is 2.70. The number of nitrogens with one attached hydrogen (secondary N) is 1. The SMILES string of the molecule is CCNC(CCc1ccnn1C)C1CC2CCC1O2. The van der Waals surface area contributed by atoms with Crippen LogP contribution in [0.25, 0.3) is 0 Å². The van der Waals surface area contributed by atoms with Gasteiger partial charge in [0.05, 0.1) is 12.2 Å². The molecule has 2 saturated heterocycles. The Morgan fingerprint density at radius 3 is 3.00 bits per heavy atom. The molecular weight excluding hydrogens is 238 g/mol. The summed E-state index contributed by atoms with van der Waals surface area (Å²) in [6, 6.07) is 2.72. The van der Waals surface area contributed by atoms with Crippen molar-refractivity contribution in [3.8, 4) is 0 Å². The first-order chi connectivity index (χ1) is 9.28. The van der Waals surface area contributed by atoms with Crippen molar-refractivity contribution in [3.05, 3.63) is 18.0 Å². The van der Waals surface area contributed by atoms with Gasteiger partial charge in [-0.2, -0.15) is 5.10 Å². The maximum absolute atomic E-state index is 6.02. The molecule has 19 heavy (non-hydrogen) atoms. The molecule has 4 unspecified atom stereocenters. The number of nitrogens with zero attached hydrogens (tertiary/aromatic N) is 2. The van der Waals surface area contributed by atoms with Crippen molar-refractivity contribution in [2.24, 2.45) is 13.0 Å². The highest BCUT2D eigenvalue weighted by Gasteiger charge is 2.43. The second-order valence-electron chi connectivity index (χ2n) is 5.92. The van der Waals surface area contributed by atoms with Crippen molar-refractivity contribution in [1.29, 1.82) is 0 Å². The maximum atomic E-state index is 6.02. The minimum absolute atomic E-state index is 0.514. The molecule has 0 radical (unpaired) electrons. The van der Waals surface area contributed by atoms with Gasteiger partial charge in [-0.25, -0.2) is 0 Å². The summed E-state index contributed by atoms with van der Waals surface area (Å²) in [5, 5.41) is 7.93. The number of hydrogen-bond donors (Lipinski definition) is 1. The summed E-state index contributed by atoms with van der Waals surface area (Å²) < 4.78 is 8.00. The van der Waals surface area contributed by atoms with Crippen LogP contribution in [0.3, 0.4) is 0 Å². The number of rotatable bonds is 6. The summed E-state index contributed by atoms with van der Waals surface area (Å²) in [4.78, 5) is 0. The molecule has 1 aromatic heterocycles. The van der Waals surface area contributed by atoms with E-state index >= 15 is 0 Å². The van der Waals surface area contributed by atoms with Gasteiger partial charge in [0.25, 0.3) is 0 Å². The van der Waals surface area contributed by atoms with E-state index in [1.165, 1.54) is 31.4 Å². The minimum Gasteiger partial charge on any atom is -0.375 e. The standard InChI is InChI=1S/C15H25N3O/c1-3-16-14(6-4-11-8-9-17-18(11)2)13-10-12-5-7-15(13)19-12/h8-9,12-16H,3-7,10H2,1-2H3. The Labute approximate surface area is 115 Å². The van der Waals surface area contributed by atoms with Crippen LogP contribution in [0.5, 0.6) is 0 Å². The lowest BCUT2D eigenvalue weighted by Crippen LogP contribution is -2.41. The number of aromatic nitrogens is 2. The van der Waals surface area contributed by atoms with Gasteiger partial charge in [0.2, 0.25) is 0 Å². The summed E-state index contributed by atoms with van der Waals surface area (Å²) in [5.74, 6) is 0.715. The van der Waals surface area contributed by atoms with Crippen LogP contribution < -0.4 is 5.32 Å². The van der Waals surface area contributed by atoms with Crippen molar-refractivity contribution < 1.29 is 4.74 Å². The van der Waals surface area contributed by atoms with Gasteiger partial charge in [-0.3, -0.25) is 4.68 Å². The van der Waals surface area contributed by atoms with Crippen LogP contribution >= 0.6 is 0 Å². The molecule has 0 aromatic carbocycles. The molecule has 2 fully saturated rings. The summed E-state index contributed by atoms with van der Waals surface area (Å²) in [6.07, 6.45) is 9.04. The van der Waals surface area contributed by atoms with E-state index in [1.807, 2.05) is 17.9 Å². The Balaban J connectivity index is 1.60. The summed E-state index contributed by atoms with van der Waals surface area (Å²) in [7, 11) is 2.03. The third-order valence-electron chi connectivity index (χ3n) is 4.77. The largest absolute Gasteiger partial charge is 0.375 e. The van der Waals surface area contributed by atoms with Gasteiger partial charge in [-0.05, 0) is 44.7 Å². The zero-order valence-corrected chi connectivity index (χ0v) is 12.0. The Morgan fingerprint density at radius 1 is 1.53 bits per heavy atom. The summed E-state index contributed by atoms with van der Waals surface area (Å²) in [5.41, 5.74) is 1.33. The van der Waals surface area contributed by atoms with E-state index in [2.05, 4.69) is 23.4 Å². The highest BCUT2D eigenvalue weighted by Crippen LogP contribution is 2.41. The lowest BCUT2D eigenvalue weighted by atomic mass is 9.82. The fourth-order valence-electron chi connectivity index (χ4n) is 3.78. The number of hydrogen-bond acceptors (Lipinski definition) is 3. The third-order valence-corrected chi connectivity index (χ3v) is 4.77. The molecule has 4 atom stereocenters. The second kappa shape index (κ2) is 5.63. The highest BCUT2D eigenvalue weighted by atomic mass is 16.5. The van der Waals surface area contributed by atoms with Crippen molar-refractivity contribution >= 4 is 0 Å². The number of fused-ring (bicyclic) bond motifs is 2. The Hall–Kier alpha value is -0.870. The van der Waals surface area contributed by atoms with Crippen molar-refractivity contribution in [2.75, 3.05) is 6.54 Å². The molecule has 0 amide bonds. The van der Waals surface area contributed by atoms with Crippen LogP contribution in [0.2, 0.25) is 0 Å². The topological polar surface area (TPSA) is 39.1 Å². The molecular formula is C15H25N3O. The van der Waals surface area contributed by atoms with Crippen LogP contribution in [0, 0.1) is 5.92 Å². The second-order valence-corrected chi connectivity index (χ2v) is 5.92. The lowest BCUT2D eigenvalue weighted by molar-refractivity contribution is 0.0851. The lowest BCUT2D eigenvalue weighted by Gasteiger charge is -2.29. The van der Waals surface area contributed by atoms with E-state index in [4.69, 9.17) is 4.74 Å². The molecule has 3 rings (SSSR count). The van der Waals surface area contributed by atoms with Gasteiger partial charge < -0.3 is 10.1 Å². The molecule has 1 aromatic rings. The van der Waals surface area contributed by atoms with Gasteiger partial charge in [0.15, 0.2) is 0 Å². The molecule has 106 valence electrons. The summed E-state index contributed by atoms with van der Waals surface area (Å²) >= 11 is 0. The Morgan fingerprint density at radius 2 is 2.42 bits per heavy atom. The van der Waals surface area contributed by atoms with Gasteiger partial charge >= 0.3 is 0 Å². The Kier molecular flexibility index (Phi) is 3.89. The van der Waals surface area contributed by atoms with Gasteiger partial charge in [0.1, 0.15) is 0 Å². The summed E-state index contributed by atoms with van der Waals surface area (Å²) in [6.45, 7) is 3.25. The van der Waals surface area contributed by atoms with E-state index in [1.54, 1.807) is 0 Å². The van der Waals surface area contributed by atoms with Gasteiger partial charge in [0, 0.05) is 30.9 Å². The first kappa shape index (κ1) is 13.1. The Bertz CT molecular complexity index is 417. The van der Waals surface area contributed by atoms with E-state index < -0.39 is 0 Å². The van der Waals surface area contributed by atoms with Crippen LogP contribution in [0.15, 0.2) is 12.3 Å². The predicted octanol–water partition coefficient (Wildman–Crippen LogP) is 1.90. The maximum Gasteiger partial charge on any atom is 0.0623 e. The average Bonchev–Trinajstić information content (AvgIpc) is 3.11. The molecule has 3 heterocycles. The van der Waals surface area contributed by atoms with Crippen LogP contribution in [-0.2, 0) is 18.2 Å². The molecule has 4 heteroatoms. The monoisotopic (exact) mass is 263 g/mol. The molecule has 0 spiro atoms. The minimum atomic E-state index is 0.514. The van der Waals surface area contributed by atoms with Gasteiger partial charge in [-0.15, -0.1) is 0 Å². The van der Waals surface area contributed by atoms with Crippen LogP contribution in [0.4, 0.5) is 0 Å². The van der Waals surface area contributed by atoms with Gasteiger partial charge in [-0.1, -0.05) is 6.92 Å². The predicted molar refractivity (Wildman–Crippen MR) is 75.0 cm³/mol. The first-order valence-corrected chi connectivity index (χ1v) is 7.63. The fraction of sp³-hybridized carbons (Fsp3) is 0.800. The zero-order chi connectivity index (χ0) is 13.2.